The largest absolute Gasteiger partial charge is 0.416 e. The summed E-state index contributed by atoms with van der Waals surface area (Å²) in [4.78, 5) is 0.379. The summed E-state index contributed by atoms with van der Waals surface area (Å²) in [5.74, 6) is 0.529. The van der Waals surface area contributed by atoms with Gasteiger partial charge in [-0.2, -0.15) is 23.5 Å². The average Bonchev–Trinajstić information content (AvgIpc) is 2.80. The van der Waals surface area contributed by atoms with Crippen LogP contribution >= 0.6 is 35.0 Å². The molecule has 0 unspecified atom stereocenters. The van der Waals surface area contributed by atoms with Crippen LogP contribution in [0.25, 0.3) is 5.69 Å². The van der Waals surface area contributed by atoms with Crippen molar-refractivity contribution in [3.63, 3.8) is 0 Å². The molecule has 24 heavy (non-hydrogen) atoms. The van der Waals surface area contributed by atoms with E-state index >= 15 is 0 Å². The number of benzene rings is 1. The van der Waals surface area contributed by atoms with Gasteiger partial charge in [0.25, 0.3) is 0 Å². The standard InChI is InChI=1S/C14H9Cl2F3N4S/c1-2-3-24-12-10(6-20)22-23(13(12)21)11-8(15)4-7(5-9(11)16)14(17,18)19/h2,4-5H,1,3,21H2. The Labute approximate surface area is 149 Å². The molecule has 10 heteroatoms. The Morgan fingerprint density at radius 3 is 2.42 bits per heavy atom. The van der Waals surface area contributed by atoms with Crippen molar-refractivity contribution >= 4 is 40.8 Å². The van der Waals surface area contributed by atoms with E-state index in [1.807, 2.05) is 6.07 Å². The molecular formula is C14H9Cl2F3N4S. The zero-order chi connectivity index (χ0) is 18.1. The first-order valence-corrected chi connectivity index (χ1v) is 8.03. The monoisotopic (exact) mass is 392 g/mol. The Hall–Kier alpha value is -1.82. The lowest BCUT2D eigenvalue weighted by Gasteiger charge is -2.13. The minimum atomic E-state index is -4.59. The van der Waals surface area contributed by atoms with E-state index in [0.29, 0.717) is 10.6 Å². The summed E-state index contributed by atoms with van der Waals surface area (Å²) in [7, 11) is 0. The molecule has 1 aromatic heterocycles. The van der Waals surface area contributed by atoms with Gasteiger partial charge in [-0.3, -0.25) is 0 Å². The molecule has 0 amide bonds. The number of nitrogens with zero attached hydrogens (tertiary/aromatic N) is 3. The molecule has 1 aromatic carbocycles. The van der Waals surface area contributed by atoms with Crippen LogP contribution in [0.3, 0.4) is 0 Å². The maximum atomic E-state index is 12.8. The van der Waals surface area contributed by atoms with Crippen LogP contribution in [0.4, 0.5) is 19.0 Å². The van der Waals surface area contributed by atoms with Gasteiger partial charge in [0.15, 0.2) is 5.69 Å². The van der Waals surface area contributed by atoms with Crippen molar-refractivity contribution in [1.29, 1.82) is 5.26 Å². The summed E-state index contributed by atoms with van der Waals surface area (Å²) in [5, 5.41) is 12.6. The Bertz CT molecular complexity index is 817. The molecule has 4 nitrogen and oxygen atoms in total. The number of halogens is 5. The zero-order valence-corrected chi connectivity index (χ0v) is 14.2. The SMILES string of the molecule is C=CCSc1c(C#N)nn(-c2c(Cl)cc(C(F)(F)F)cc2Cl)c1N. The second kappa shape index (κ2) is 6.97. The van der Waals surface area contributed by atoms with Crippen LogP contribution in [0.1, 0.15) is 11.3 Å². The lowest BCUT2D eigenvalue weighted by atomic mass is 10.2. The molecular weight excluding hydrogens is 384 g/mol. The number of thioether (sulfide) groups is 1. The van der Waals surface area contributed by atoms with Gasteiger partial charge >= 0.3 is 6.18 Å². The highest BCUT2D eigenvalue weighted by molar-refractivity contribution is 7.99. The van der Waals surface area contributed by atoms with Crippen LogP contribution < -0.4 is 5.73 Å². The predicted octanol–water partition coefficient (Wildman–Crippen LogP) is 4.93. The molecule has 0 fully saturated rings. The molecule has 2 rings (SSSR count). The maximum absolute atomic E-state index is 12.8. The summed E-state index contributed by atoms with van der Waals surface area (Å²) < 4.78 is 39.5. The molecule has 0 spiro atoms. The molecule has 2 N–H and O–H groups in total. The quantitative estimate of drug-likeness (QED) is 0.591. The van der Waals surface area contributed by atoms with Gasteiger partial charge in [0.05, 0.1) is 20.5 Å². The first-order chi connectivity index (χ1) is 11.2. The van der Waals surface area contributed by atoms with E-state index < -0.39 is 11.7 Å². The highest BCUT2D eigenvalue weighted by Crippen LogP contribution is 2.39. The van der Waals surface area contributed by atoms with E-state index in [1.54, 1.807) is 6.08 Å². The number of anilines is 1. The summed E-state index contributed by atoms with van der Waals surface area (Å²) in [6.07, 6.45) is -2.98. The van der Waals surface area contributed by atoms with Gasteiger partial charge in [-0.1, -0.05) is 29.3 Å². The third-order valence-corrected chi connectivity index (χ3v) is 4.55. The predicted molar refractivity (Wildman–Crippen MR) is 88.6 cm³/mol. The Morgan fingerprint density at radius 1 is 1.38 bits per heavy atom. The van der Waals surface area contributed by atoms with Crippen LogP contribution in [0.15, 0.2) is 29.7 Å². The summed E-state index contributed by atoms with van der Waals surface area (Å²) in [6, 6.07) is 3.33. The maximum Gasteiger partial charge on any atom is 0.416 e. The van der Waals surface area contributed by atoms with Crippen molar-refractivity contribution in [3.8, 4) is 11.8 Å². The summed E-state index contributed by atoms with van der Waals surface area (Å²) in [6.45, 7) is 3.57. The Kier molecular flexibility index (Phi) is 5.38. The lowest BCUT2D eigenvalue weighted by Crippen LogP contribution is -2.08. The highest BCUT2D eigenvalue weighted by atomic mass is 35.5. The van der Waals surface area contributed by atoms with Gasteiger partial charge in [-0.15, -0.1) is 18.3 Å². The van der Waals surface area contributed by atoms with E-state index in [1.165, 1.54) is 11.8 Å². The van der Waals surface area contributed by atoms with Crippen LogP contribution in [0.2, 0.25) is 10.0 Å². The van der Waals surface area contributed by atoms with Crippen LogP contribution in [-0.4, -0.2) is 15.5 Å². The molecule has 0 aliphatic carbocycles. The third-order valence-electron chi connectivity index (χ3n) is 2.88. The first-order valence-electron chi connectivity index (χ1n) is 6.29. The number of rotatable bonds is 4. The van der Waals surface area contributed by atoms with Crippen molar-refractivity contribution in [2.45, 2.75) is 11.1 Å². The molecule has 0 aliphatic heterocycles. The highest BCUT2D eigenvalue weighted by Gasteiger charge is 2.32. The molecule has 2 aromatic rings. The third kappa shape index (κ3) is 3.48. The molecule has 0 saturated carbocycles. The fourth-order valence-corrected chi connectivity index (χ4v) is 3.27. The Balaban J connectivity index is 2.63. The molecule has 0 bridgehead atoms. The first kappa shape index (κ1) is 18.5. The normalized spacial score (nSPS) is 11.3. The molecule has 126 valence electrons. The van der Waals surface area contributed by atoms with E-state index in [4.69, 9.17) is 34.2 Å². The van der Waals surface area contributed by atoms with E-state index in [0.717, 1.165) is 16.8 Å². The topological polar surface area (TPSA) is 67.6 Å². The van der Waals surface area contributed by atoms with Crippen molar-refractivity contribution < 1.29 is 13.2 Å². The number of alkyl halides is 3. The second-order valence-electron chi connectivity index (χ2n) is 4.47. The van der Waals surface area contributed by atoms with Gasteiger partial charge in [0, 0.05) is 5.75 Å². The van der Waals surface area contributed by atoms with Crippen LogP contribution in [0.5, 0.6) is 0 Å². The number of nitrogen functional groups attached to an aromatic ring is 1. The van der Waals surface area contributed by atoms with Crippen molar-refractivity contribution in [2.24, 2.45) is 0 Å². The van der Waals surface area contributed by atoms with Crippen LogP contribution in [0, 0.1) is 11.3 Å². The van der Waals surface area contributed by atoms with Gasteiger partial charge in [0.1, 0.15) is 17.6 Å². The molecule has 1 heterocycles. The summed E-state index contributed by atoms with van der Waals surface area (Å²) in [5.41, 5.74) is 4.97. The van der Waals surface area contributed by atoms with E-state index in [2.05, 4.69) is 11.7 Å². The minimum Gasteiger partial charge on any atom is -0.383 e. The second-order valence-corrected chi connectivity index (χ2v) is 6.32. The number of hydrogen-bond acceptors (Lipinski definition) is 4. The number of hydrogen-bond donors (Lipinski definition) is 1. The van der Waals surface area contributed by atoms with E-state index in [9.17, 15) is 13.2 Å². The Morgan fingerprint density at radius 2 is 1.96 bits per heavy atom. The van der Waals surface area contributed by atoms with Crippen LogP contribution in [-0.2, 0) is 6.18 Å². The average molecular weight is 393 g/mol. The van der Waals surface area contributed by atoms with Gasteiger partial charge in [-0.05, 0) is 12.1 Å². The number of aromatic nitrogens is 2. The zero-order valence-electron chi connectivity index (χ0n) is 11.9. The lowest BCUT2D eigenvalue weighted by molar-refractivity contribution is -0.137. The van der Waals surface area contributed by atoms with Crippen molar-refractivity contribution in [3.05, 3.63) is 46.1 Å². The molecule has 0 atom stereocenters. The smallest absolute Gasteiger partial charge is 0.383 e. The van der Waals surface area contributed by atoms with Gasteiger partial charge < -0.3 is 5.73 Å². The van der Waals surface area contributed by atoms with Gasteiger partial charge in [0.2, 0.25) is 0 Å². The summed E-state index contributed by atoms with van der Waals surface area (Å²) >= 11 is 13.1. The molecule has 0 radical (unpaired) electrons. The fourth-order valence-electron chi connectivity index (χ4n) is 1.88. The number of nitriles is 1. The fraction of sp³-hybridized carbons (Fsp3) is 0.143. The number of nitrogens with two attached hydrogens (primary N) is 1. The van der Waals surface area contributed by atoms with Crippen molar-refractivity contribution in [1.82, 2.24) is 9.78 Å². The minimum absolute atomic E-state index is 0.0198. The van der Waals surface area contributed by atoms with Gasteiger partial charge in [-0.25, -0.2) is 4.68 Å². The molecule has 0 aliphatic rings. The van der Waals surface area contributed by atoms with Crippen molar-refractivity contribution in [2.75, 3.05) is 11.5 Å². The molecule has 0 saturated heterocycles. The van der Waals surface area contributed by atoms with E-state index in [-0.39, 0.29) is 27.2 Å².